The minimum absolute atomic E-state index is 0. The van der Waals surface area contributed by atoms with Gasteiger partial charge in [-0.3, -0.25) is 15.1 Å². The van der Waals surface area contributed by atoms with Crippen molar-refractivity contribution in [2.24, 2.45) is 0 Å². The summed E-state index contributed by atoms with van der Waals surface area (Å²) in [4.78, 5) is 1.10. The molecule has 7 rings (SSSR count). The van der Waals surface area contributed by atoms with Gasteiger partial charge in [0.15, 0.2) is 5.71 Å². The molecule has 0 unspecified atom stereocenters. The average molecular weight is 1300 g/mol. The molecule has 2 heterocycles. The molecule has 20 nitrogen and oxygen atoms in total. The number of aryl methyl sites for hydroxylation is 1. The van der Waals surface area contributed by atoms with Crippen molar-refractivity contribution < 1.29 is 235 Å². The fourth-order valence-electron chi connectivity index (χ4n) is 10.4. The molecule has 0 fully saturated rings. The van der Waals surface area contributed by atoms with Gasteiger partial charge in [-0.2, -0.15) is 17.6 Å². The zero-order valence-electron chi connectivity index (χ0n) is 47.9. The summed E-state index contributed by atoms with van der Waals surface area (Å²) in [6, 6.07) is 20.0. The number of rotatable bonds is 28. The maximum absolute atomic E-state index is 12.8. The van der Waals surface area contributed by atoms with Crippen LogP contribution in [0.25, 0.3) is 27.1 Å². The smallest absolute Gasteiger partial charge is 0.748 e. The number of hydrogen-bond acceptors (Lipinski definition) is 22. The number of nitrogens with zero attached hydrogens (tertiary/aromatic N) is 2. The molecule has 31 heteroatoms. The number of anilines is 1. The molecule has 0 saturated heterocycles. The quantitative estimate of drug-likeness (QED) is 0.00657. The Hall–Kier alpha value is 0.730. The summed E-state index contributed by atoms with van der Waals surface area (Å²) in [5.41, 5.74) is 4.85. The Labute approximate surface area is 608 Å². The molecule has 5 aromatic carbocycles. The summed E-state index contributed by atoms with van der Waals surface area (Å²) in [6.45, 7) is 10.5. The molecule has 2 aliphatic heterocycles. The number of unbranched alkanes of at least 4 members (excludes halogenated alkanes) is 4. The van der Waals surface area contributed by atoms with Crippen molar-refractivity contribution in [2.75, 3.05) is 29.5 Å². The van der Waals surface area contributed by atoms with Crippen molar-refractivity contribution in [1.82, 2.24) is 0 Å². The van der Waals surface area contributed by atoms with Gasteiger partial charge in [-0.05, 0) is 138 Å². The third kappa shape index (κ3) is 20.1. The van der Waals surface area contributed by atoms with E-state index < -0.39 is 56.7 Å². The molecule has 2 aliphatic rings. The molecular weight excluding hydrogens is 1250 g/mol. The van der Waals surface area contributed by atoms with Crippen LogP contribution < -0.4 is 168 Å². The van der Waals surface area contributed by atoms with E-state index in [1.807, 2.05) is 75.1 Å². The Kier molecular flexibility index (Phi) is 34.2. The Morgan fingerprint density at radius 2 is 1.35 bits per heavy atom. The summed E-state index contributed by atoms with van der Waals surface area (Å²) >= 11 is 1.75. The van der Waals surface area contributed by atoms with Gasteiger partial charge in [-0.1, -0.05) is 70.0 Å². The van der Waals surface area contributed by atoms with Crippen LogP contribution in [0, 0.1) is 0 Å². The van der Waals surface area contributed by atoms with Crippen LogP contribution in [0.2, 0.25) is 0 Å². The van der Waals surface area contributed by atoms with Crippen molar-refractivity contribution in [3.8, 4) is 0 Å². The molecule has 0 aliphatic carbocycles. The van der Waals surface area contributed by atoms with E-state index in [-0.39, 0.29) is 182 Å². The first-order valence-electron chi connectivity index (χ1n) is 24.5. The van der Waals surface area contributed by atoms with E-state index in [2.05, 4.69) is 51.7 Å². The second-order valence-corrected chi connectivity index (χ2v) is 26.1. The monoisotopic (exact) mass is 1300 g/mol. The van der Waals surface area contributed by atoms with E-state index in [1.54, 1.807) is 18.2 Å². The third-order valence-electron chi connectivity index (χ3n) is 13.8. The fourth-order valence-corrected chi connectivity index (χ4v) is 13.8. The maximum atomic E-state index is 12.8. The van der Waals surface area contributed by atoms with Gasteiger partial charge >= 0.3 is 148 Å². The van der Waals surface area contributed by atoms with Crippen molar-refractivity contribution in [3.05, 3.63) is 125 Å². The van der Waals surface area contributed by atoms with E-state index in [0.29, 0.717) is 93.6 Å². The van der Waals surface area contributed by atoms with Gasteiger partial charge in [0.2, 0.25) is 5.69 Å². The second kappa shape index (κ2) is 35.5. The predicted molar refractivity (Wildman–Crippen MR) is 286 cm³/mol. The van der Waals surface area contributed by atoms with Crippen LogP contribution >= 0.6 is 36.1 Å². The molecule has 5 aromatic rings. The van der Waals surface area contributed by atoms with E-state index in [4.69, 9.17) is 0 Å². The zero-order chi connectivity index (χ0) is 56.6. The maximum Gasteiger partial charge on any atom is 1.00 e. The van der Waals surface area contributed by atoms with Gasteiger partial charge in [0, 0.05) is 80.8 Å². The Balaban J connectivity index is 0.00000470. The topological polar surface area (TPSA) is 302 Å². The van der Waals surface area contributed by atoms with Crippen molar-refractivity contribution >= 4 is 111 Å². The number of fused-ring (bicyclic) bond motifs is 6. The van der Waals surface area contributed by atoms with Crippen LogP contribution in [0.5, 0.6) is 0 Å². The van der Waals surface area contributed by atoms with Gasteiger partial charge in [0.1, 0.15) is 26.8 Å². The molecule has 0 aromatic heterocycles. The second-order valence-electron chi connectivity index (χ2n) is 19.5. The van der Waals surface area contributed by atoms with Crippen LogP contribution in [-0.2, 0) is 75.7 Å². The molecule has 0 spiro atoms. The molecule has 0 radical (unpaired) electrons. The summed E-state index contributed by atoms with van der Waals surface area (Å²) < 4.78 is 127. The minimum atomic E-state index is -5.09. The molecule has 0 bridgehead atoms. The van der Waals surface area contributed by atoms with Crippen LogP contribution in [0.15, 0.2) is 122 Å². The van der Waals surface area contributed by atoms with Crippen LogP contribution in [0.1, 0.15) is 102 Å². The van der Waals surface area contributed by atoms with Crippen LogP contribution in [0.3, 0.4) is 0 Å². The van der Waals surface area contributed by atoms with Crippen LogP contribution in [0.4, 0.5) is 11.4 Å². The standard InChI is InChI=1S/C52H60N2O18S6.5Na/c1-6-7-8-14-34-15-13-16-36(29-34)35(17-23-47-51(2,3)49-41-30-37(74-71-68-56)31-46(78(64,65)66)40(41)20-22-44(49)54(47)26-10-12-28-76(58,59)60)18-24-48-52(4,5)50-42-32-38(77(61,62)63)33-45(75-72-69-57)39(42)19-21-43(50)53(48)25-9-11-27-73-70-67-55;;;;;/h13,15-24,29-33H,6-12,14,25-28H2,1-5H3,(H5-,55,56,57,58,59,60,61,62,63,64,65,66);;;;;/q;5*+1/p-5. The molecule has 0 saturated carbocycles. The van der Waals surface area contributed by atoms with Gasteiger partial charge < -0.3 is 34.3 Å². The average Bonchev–Trinajstić information content (AvgIpc) is 3.74. The Morgan fingerprint density at radius 1 is 0.675 bits per heavy atom. The van der Waals surface area contributed by atoms with Gasteiger partial charge in [0.05, 0.1) is 49.4 Å². The van der Waals surface area contributed by atoms with Gasteiger partial charge in [0.25, 0.3) is 0 Å². The fraction of sp³-hybridized carbons (Fsp3) is 0.365. The van der Waals surface area contributed by atoms with Crippen molar-refractivity contribution in [3.63, 3.8) is 0 Å². The SMILES string of the molecule is CCCCCc1cccc(C(=C\C=C2\N(CCCCS(=O)(=O)[O-])c3ccc4c(S(=O)(=O)[O-])cc(SOO[O-])cc4c3C2(C)C)/C=C/C2=[N+](CCCCSOO[O-])c3ccc4c(SOO[O-])cc(S(=O)(=O)[O-])cc4c3C2(C)C)c1.[Na+].[Na+].[Na+].[Na+].[Na+]. The molecule has 0 N–H and O–H groups in total. The molecule has 0 atom stereocenters. The van der Waals surface area contributed by atoms with E-state index >= 15 is 0 Å². The number of allylic oxidation sites excluding steroid dienone is 6. The van der Waals surface area contributed by atoms with Gasteiger partial charge in [-0.15, -0.1) is 0 Å². The summed E-state index contributed by atoms with van der Waals surface area (Å²) in [7, 11) is -14.6. The molecular formula is C52H55N2Na5O18S6. The first-order valence-corrected chi connectivity index (χ1v) is 31.3. The normalized spacial score (nSPS) is 15.2. The number of hydrogen-bond donors (Lipinski definition) is 0. The first-order chi connectivity index (χ1) is 37.0. The number of benzene rings is 5. The molecule has 83 heavy (non-hydrogen) atoms. The van der Waals surface area contributed by atoms with Crippen LogP contribution in [-0.4, -0.2) is 73.8 Å². The summed E-state index contributed by atoms with van der Waals surface area (Å²) in [6.07, 6.45) is 13.1. The molecule has 422 valence electrons. The van der Waals surface area contributed by atoms with E-state index in [9.17, 15) is 54.7 Å². The first kappa shape index (κ1) is 79.8. The van der Waals surface area contributed by atoms with E-state index in [0.717, 1.165) is 72.3 Å². The summed E-state index contributed by atoms with van der Waals surface area (Å²) in [5.74, 6) is -0.170. The molecule has 0 amide bonds. The Bertz CT molecular complexity index is 3540. The van der Waals surface area contributed by atoms with E-state index in [1.165, 1.54) is 12.1 Å². The minimum Gasteiger partial charge on any atom is -0.748 e. The third-order valence-corrected chi connectivity index (χ3v) is 18.1. The predicted octanol–water partition coefficient (Wildman–Crippen LogP) is -7.31. The largest absolute Gasteiger partial charge is 1.00 e. The summed E-state index contributed by atoms with van der Waals surface area (Å²) in [5, 5.41) is 44.4. The zero-order valence-corrected chi connectivity index (χ0v) is 62.8. The van der Waals surface area contributed by atoms with Crippen molar-refractivity contribution in [2.45, 2.75) is 116 Å². The Morgan fingerprint density at radius 3 is 2.00 bits per heavy atom. The van der Waals surface area contributed by atoms with Gasteiger partial charge in [-0.25, -0.2) is 25.3 Å². The van der Waals surface area contributed by atoms with Crippen molar-refractivity contribution in [1.29, 1.82) is 0 Å².